The molecule has 0 saturated carbocycles. The number of piperazine rings is 1. The summed E-state index contributed by atoms with van der Waals surface area (Å²) >= 11 is 0. The van der Waals surface area contributed by atoms with Gasteiger partial charge in [-0.2, -0.15) is 0 Å². The molecule has 0 bridgehead atoms. The lowest BCUT2D eigenvalue weighted by Crippen LogP contribution is -2.48. The van der Waals surface area contributed by atoms with Crippen molar-refractivity contribution in [3.8, 4) is 0 Å². The maximum absolute atomic E-state index is 14.9. The number of amides is 1. The van der Waals surface area contributed by atoms with Crippen molar-refractivity contribution in [3.63, 3.8) is 0 Å². The van der Waals surface area contributed by atoms with Gasteiger partial charge in [0.1, 0.15) is 17.5 Å². The number of aromatic nitrogens is 2. The molecule has 1 N–H and O–H groups in total. The number of halogens is 2. The van der Waals surface area contributed by atoms with Crippen LogP contribution in [-0.4, -0.2) is 57.9 Å². The van der Waals surface area contributed by atoms with Crippen LogP contribution in [0.5, 0.6) is 0 Å². The van der Waals surface area contributed by atoms with Crippen molar-refractivity contribution >= 4 is 17.4 Å². The largest absolute Gasteiger partial charge is 0.411 e. The zero-order valence-corrected chi connectivity index (χ0v) is 19.7. The highest BCUT2D eigenvalue weighted by atomic mass is 19.1. The first-order valence-electron chi connectivity index (χ1n) is 11.4. The first-order chi connectivity index (χ1) is 16.9. The first-order valence-corrected chi connectivity index (χ1v) is 11.4. The van der Waals surface area contributed by atoms with E-state index in [1.165, 1.54) is 12.1 Å². The summed E-state index contributed by atoms with van der Waals surface area (Å²) in [6.45, 7) is 5.99. The molecule has 7 nitrogen and oxygen atoms in total. The molecule has 1 aromatic carbocycles. The summed E-state index contributed by atoms with van der Waals surface area (Å²) in [4.78, 5) is 24.2. The highest BCUT2D eigenvalue weighted by molar-refractivity contribution is 6.00. The molecule has 1 atom stereocenters. The Labute approximate surface area is 202 Å². The van der Waals surface area contributed by atoms with Crippen molar-refractivity contribution in [2.75, 3.05) is 31.1 Å². The van der Waals surface area contributed by atoms with E-state index in [0.717, 1.165) is 17.6 Å². The van der Waals surface area contributed by atoms with Crippen molar-refractivity contribution in [1.29, 1.82) is 0 Å². The molecule has 2 aromatic heterocycles. The van der Waals surface area contributed by atoms with Crippen molar-refractivity contribution in [2.45, 2.75) is 26.2 Å². The highest BCUT2D eigenvalue weighted by Crippen LogP contribution is 2.32. The van der Waals surface area contributed by atoms with Gasteiger partial charge in [-0.1, -0.05) is 17.3 Å². The van der Waals surface area contributed by atoms with Gasteiger partial charge in [-0.15, -0.1) is 0 Å². The molecule has 4 rings (SSSR count). The predicted molar refractivity (Wildman–Crippen MR) is 129 cm³/mol. The molecule has 0 radical (unpaired) electrons. The topological polar surface area (TPSA) is 81.9 Å². The fraction of sp³-hybridized carbons (Fsp3) is 0.308. The van der Waals surface area contributed by atoms with Crippen LogP contribution >= 0.6 is 0 Å². The molecule has 1 saturated heterocycles. The molecule has 3 heterocycles. The molecule has 1 aliphatic rings. The number of oxime groups is 1. The second-order valence-corrected chi connectivity index (χ2v) is 8.60. The Morgan fingerprint density at radius 3 is 2.46 bits per heavy atom. The van der Waals surface area contributed by atoms with E-state index in [4.69, 9.17) is 0 Å². The number of carbonyl (C=O) groups excluding carboxylic acids is 1. The summed E-state index contributed by atoms with van der Waals surface area (Å²) < 4.78 is 28.5. The van der Waals surface area contributed by atoms with Crippen LogP contribution in [-0.2, 0) is 4.79 Å². The maximum Gasteiger partial charge on any atom is 0.219 e. The Morgan fingerprint density at radius 2 is 1.86 bits per heavy atom. The Hall–Kier alpha value is -3.88. The van der Waals surface area contributed by atoms with Crippen LogP contribution in [0.1, 0.15) is 41.6 Å². The van der Waals surface area contributed by atoms with E-state index in [-0.39, 0.29) is 17.9 Å². The number of aryl methyl sites for hydroxylation is 1. The monoisotopic (exact) mass is 479 g/mol. The number of anilines is 1. The van der Waals surface area contributed by atoms with Crippen LogP contribution in [0.15, 0.2) is 60.0 Å². The van der Waals surface area contributed by atoms with Crippen molar-refractivity contribution < 1.29 is 18.8 Å². The second-order valence-electron chi connectivity index (χ2n) is 8.60. The second kappa shape index (κ2) is 10.6. The number of nitrogens with zero attached hydrogens (tertiary/aromatic N) is 5. The van der Waals surface area contributed by atoms with Gasteiger partial charge in [0, 0.05) is 75.2 Å². The van der Waals surface area contributed by atoms with Crippen molar-refractivity contribution in [2.24, 2.45) is 5.16 Å². The minimum Gasteiger partial charge on any atom is -0.411 e. The molecule has 9 heteroatoms. The van der Waals surface area contributed by atoms with E-state index in [0.29, 0.717) is 43.0 Å². The SMILES string of the molecule is CC(=O)N1CCN(c2ccc(C(CC(=NO)c3ccnc(C)c3)c3ccc(F)cc3F)cn2)CC1. The van der Waals surface area contributed by atoms with Gasteiger partial charge in [0.15, 0.2) is 0 Å². The zero-order chi connectivity index (χ0) is 24.9. The maximum atomic E-state index is 14.9. The average molecular weight is 480 g/mol. The predicted octanol–water partition coefficient (Wildman–Crippen LogP) is 4.13. The molecule has 1 aliphatic heterocycles. The standard InChI is InChI=1S/C26H27F2N5O2/c1-17-13-19(7-8-29-17)25(31-35)15-23(22-5-4-21(27)14-24(22)28)20-3-6-26(30-16-20)33-11-9-32(10-12-33)18(2)34/h3-8,13-14,16,23,35H,9-12,15H2,1-2H3. The fourth-order valence-electron chi connectivity index (χ4n) is 4.37. The van der Waals surface area contributed by atoms with Crippen LogP contribution in [0.25, 0.3) is 0 Å². The number of rotatable bonds is 6. The first kappa shape index (κ1) is 24.3. The molecular weight excluding hydrogens is 452 g/mol. The number of pyridine rings is 2. The Bertz CT molecular complexity index is 1220. The Balaban J connectivity index is 1.63. The molecule has 3 aromatic rings. The fourth-order valence-corrected chi connectivity index (χ4v) is 4.37. The van der Waals surface area contributed by atoms with Crippen LogP contribution in [0.4, 0.5) is 14.6 Å². The third-order valence-electron chi connectivity index (χ3n) is 6.31. The van der Waals surface area contributed by atoms with Gasteiger partial charge in [0.25, 0.3) is 0 Å². The summed E-state index contributed by atoms with van der Waals surface area (Å²) in [6, 6.07) is 10.7. The number of hydrogen-bond donors (Lipinski definition) is 1. The van der Waals surface area contributed by atoms with E-state index >= 15 is 0 Å². The highest BCUT2D eigenvalue weighted by Gasteiger charge is 2.24. The molecule has 0 aliphatic carbocycles. The zero-order valence-electron chi connectivity index (χ0n) is 19.7. The smallest absolute Gasteiger partial charge is 0.219 e. The molecule has 1 fully saturated rings. The van der Waals surface area contributed by atoms with E-state index in [9.17, 15) is 18.8 Å². The molecule has 1 amide bonds. The van der Waals surface area contributed by atoms with E-state index in [1.807, 2.05) is 19.1 Å². The van der Waals surface area contributed by atoms with Crippen LogP contribution in [0.2, 0.25) is 0 Å². The third-order valence-corrected chi connectivity index (χ3v) is 6.31. The Morgan fingerprint density at radius 1 is 1.09 bits per heavy atom. The number of carbonyl (C=O) groups is 1. The average Bonchev–Trinajstić information content (AvgIpc) is 2.86. The molecule has 0 spiro atoms. The molecular formula is C26H27F2N5O2. The number of benzene rings is 1. The summed E-state index contributed by atoms with van der Waals surface area (Å²) in [5.41, 5.74) is 2.76. The lowest BCUT2D eigenvalue weighted by molar-refractivity contribution is -0.129. The van der Waals surface area contributed by atoms with E-state index in [1.54, 1.807) is 36.4 Å². The third kappa shape index (κ3) is 5.62. The molecule has 182 valence electrons. The quantitative estimate of drug-likeness (QED) is 0.327. The van der Waals surface area contributed by atoms with Crippen molar-refractivity contribution in [3.05, 3.63) is 88.9 Å². The van der Waals surface area contributed by atoms with Crippen LogP contribution in [0.3, 0.4) is 0 Å². The normalized spacial score (nSPS) is 15.3. The van der Waals surface area contributed by atoms with Gasteiger partial charge in [0.05, 0.1) is 5.71 Å². The van der Waals surface area contributed by atoms with Gasteiger partial charge in [-0.3, -0.25) is 9.78 Å². The summed E-state index contributed by atoms with van der Waals surface area (Å²) in [5, 5.41) is 13.2. The van der Waals surface area contributed by atoms with Crippen molar-refractivity contribution in [1.82, 2.24) is 14.9 Å². The van der Waals surface area contributed by atoms with E-state index in [2.05, 4.69) is 20.0 Å². The molecule has 1 unspecified atom stereocenters. The lowest BCUT2D eigenvalue weighted by Gasteiger charge is -2.35. The summed E-state index contributed by atoms with van der Waals surface area (Å²) in [5.74, 6) is -1.09. The van der Waals surface area contributed by atoms with Crippen LogP contribution < -0.4 is 4.90 Å². The minimum atomic E-state index is -0.678. The van der Waals surface area contributed by atoms with Gasteiger partial charge >= 0.3 is 0 Å². The Kier molecular flexibility index (Phi) is 7.33. The van der Waals surface area contributed by atoms with Gasteiger partial charge in [-0.25, -0.2) is 13.8 Å². The summed E-state index contributed by atoms with van der Waals surface area (Å²) in [6.07, 6.45) is 3.46. The number of hydrogen-bond acceptors (Lipinski definition) is 6. The lowest BCUT2D eigenvalue weighted by atomic mass is 9.86. The minimum absolute atomic E-state index is 0.0582. The van der Waals surface area contributed by atoms with Crippen LogP contribution in [0, 0.1) is 18.6 Å². The van der Waals surface area contributed by atoms with E-state index < -0.39 is 17.6 Å². The summed E-state index contributed by atoms with van der Waals surface area (Å²) in [7, 11) is 0. The van der Waals surface area contributed by atoms with Gasteiger partial charge in [0.2, 0.25) is 5.91 Å². The molecule has 35 heavy (non-hydrogen) atoms. The van der Waals surface area contributed by atoms with Gasteiger partial charge in [-0.05, 0) is 42.3 Å². The van der Waals surface area contributed by atoms with Gasteiger partial charge < -0.3 is 15.0 Å².